The maximum Gasteiger partial charge on any atom is 0.256 e. The number of aryl methyl sites for hydroxylation is 1. The molecule has 1 atom stereocenters. The summed E-state index contributed by atoms with van der Waals surface area (Å²) in [5, 5.41) is 0. The zero-order valence-electron chi connectivity index (χ0n) is 15.6. The number of likely N-dealkylation sites (tertiary alicyclic amines) is 1. The van der Waals surface area contributed by atoms with Crippen LogP contribution in [0.5, 0.6) is 5.75 Å². The summed E-state index contributed by atoms with van der Waals surface area (Å²) in [6, 6.07) is 20.0. The minimum atomic E-state index is 0.0403. The number of aromatic nitrogens is 1. The molecule has 1 amide bonds. The Morgan fingerprint density at radius 1 is 1.11 bits per heavy atom. The lowest BCUT2D eigenvalue weighted by Crippen LogP contribution is -2.45. The number of carbonyl (C=O) groups excluding carboxylic acids is 1. The molecule has 0 spiro atoms. The number of hydrogen-bond donors (Lipinski definition) is 0. The molecule has 0 bridgehead atoms. The van der Waals surface area contributed by atoms with E-state index in [1.165, 1.54) is 0 Å². The van der Waals surface area contributed by atoms with Gasteiger partial charge in [-0.15, -0.1) is 0 Å². The number of methoxy groups -OCH3 is 1. The molecule has 1 unspecified atom stereocenters. The second-order valence-electron chi connectivity index (χ2n) is 6.76. The topological polar surface area (TPSA) is 42.4 Å². The maximum atomic E-state index is 13.4. The Kier molecular flexibility index (Phi) is 4.63. The number of hydrogen-bond acceptors (Lipinski definition) is 3. The van der Waals surface area contributed by atoms with Crippen molar-refractivity contribution in [2.75, 3.05) is 13.7 Å². The van der Waals surface area contributed by atoms with Gasteiger partial charge in [0.25, 0.3) is 5.91 Å². The third-order valence-corrected chi connectivity index (χ3v) is 5.20. The molecule has 4 heteroatoms. The van der Waals surface area contributed by atoms with Crippen molar-refractivity contribution in [3.05, 3.63) is 83.7 Å². The van der Waals surface area contributed by atoms with Crippen LogP contribution >= 0.6 is 0 Å². The molecular formula is C23H22N2O2. The smallest absolute Gasteiger partial charge is 0.256 e. The highest BCUT2D eigenvalue weighted by atomic mass is 16.5. The average Bonchev–Trinajstić information content (AvgIpc) is 2.67. The second-order valence-corrected chi connectivity index (χ2v) is 6.76. The summed E-state index contributed by atoms with van der Waals surface area (Å²) < 4.78 is 5.34. The van der Waals surface area contributed by atoms with Crippen molar-refractivity contribution in [2.45, 2.75) is 19.4 Å². The largest absolute Gasteiger partial charge is 0.497 e. The van der Waals surface area contributed by atoms with E-state index in [0.29, 0.717) is 5.56 Å². The first kappa shape index (κ1) is 17.3. The SMILES string of the molecule is COc1cccc(C2CCN2C(=O)c2c(-c3ccccc3)ccnc2C)c1. The molecular weight excluding hydrogens is 336 g/mol. The monoisotopic (exact) mass is 358 g/mol. The van der Waals surface area contributed by atoms with Crippen LogP contribution in [0.4, 0.5) is 0 Å². The Morgan fingerprint density at radius 3 is 2.63 bits per heavy atom. The van der Waals surface area contributed by atoms with Gasteiger partial charge in [0.2, 0.25) is 0 Å². The Hall–Kier alpha value is -3.14. The van der Waals surface area contributed by atoms with E-state index < -0.39 is 0 Å². The van der Waals surface area contributed by atoms with Gasteiger partial charge in [-0.3, -0.25) is 9.78 Å². The fraction of sp³-hybridized carbons (Fsp3) is 0.217. The van der Waals surface area contributed by atoms with E-state index in [4.69, 9.17) is 4.74 Å². The van der Waals surface area contributed by atoms with E-state index in [-0.39, 0.29) is 11.9 Å². The molecule has 2 heterocycles. The van der Waals surface area contributed by atoms with Crippen LogP contribution in [-0.4, -0.2) is 29.4 Å². The molecule has 0 saturated carbocycles. The third kappa shape index (κ3) is 3.19. The Balaban J connectivity index is 1.69. The third-order valence-electron chi connectivity index (χ3n) is 5.20. The molecule has 4 rings (SSSR count). The molecule has 1 aliphatic rings. The van der Waals surface area contributed by atoms with Crippen molar-refractivity contribution < 1.29 is 9.53 Å². The van der Waals surface area contributed by atoms with Crippen molar-refractivity contribution in [2.24, 2.45) is 0 Å². The molecule has 0 radical (unpaired) electrons. The molecule has 0 aliphatic carbocycles. The molecule has 0 N–H and O–H groups in total. The standard InChI is InChI=1S/C23H22N2O2/c1-16-22(20(11-13-24-16)17-7-4-3-5-8-17)23(26)25-14-12-21(25)18-9-6-10-19(15-18)27-2/h3-11,13,15,21H,12,14H2,1-2H3. The van der Waals surface area contributed by atoms with E-state index in [1.807, 2.05) is 66.4 Å². The predicted molar refractivity (Wildman–Crippen MR) is 106 cm³/mol. The maximum absolute atomic E-state index is 13.4. The summed E-state index contributed by atoms with van der Waals surface area (Å²) in [5.41, 5.74) is 4.53. The number of benzene rings is 2. The lowest BCUT2D eigenvalue weighted by Gasteiger charge is -2.42. The first-order valence-corrected chi connectivity index (χ1v) is 9.15. The number of carbonyl (C=O) groups is 1. The quantitative estimate of drug-likeness (QED) is 0.682. The van der Waals surface area contributed by atoms with Gasteiger partial charge in [-0.1, -0.05) is 42.5 Å². The van der Waals surface area contributed by atoms with Crippen LogP contribution in [0.2, 0.25) is 0 Å². The molecule has 1 aliphatic heterocycles. The predicted octanol–water partition coefficient (Wildman–Crippen LogP) is 4.65. The number of rotatable bonds is 4. The summed E-state index contributed by atoms with van der Waals surface area (Å²) in [6.07, 6.45) is 2.73. The summed E-state index contributed by atoms with van der Waals surface area (Å²) in [5.74, 6) is 0.854. The van der Waals surface area contributed by atoms with Crippen LogP contribution in [0.1, 0.15) is 34.1 Å². The van der Waals surface area contributed by atoms with Gasteiger partial charge < -0.3 is 9.64 Å². The minimum absolute atomic E-state index is 0.0403. The van der Waals surface area contributed by atoms with Gasteiger partial charge in [0.05, 0.1) is 24.4 Å². The van der Waals surface area contributed by atoms with E-state index in [1.54, 1.807) is 13.3 Å². The molecule has 1 saturated heterocycles. The van der Waals surface area contributed by atoms with E-state index >= 15 is 0 Å². The molecule has 4 nitrogen and oxygen atoms in total. The lowest BCUT2D eigenvalue weighted by molar-refractivity contribution is 0.0459. The van der Waals surface area contributed by atoms with Crippen molar-refractivity contribution in [3.63, 3.8) is 0 Å². The van der Waals surface area contributed by atoms with Gasteiger partial charge in [-0.2, -0.15) is 0 Å². The van der Waals surface area contributed by atoms with Gasteiger partial charge in [0.15, 0.2) is 0 Å². The molecule has 1 aromatic heterocycles. The van der Waals surface area contributed by atoms with Crippen LogP contribution in [0, 0.1) is 6.92 Å². The molecule has 27 heavy (non-hydrogen) atoms. The first-order valence-electron chi connectivity index (χ1n) is 9.15. The first-order chi connectivity index (χ1) is 13.2. The zero-order valence-corrected chi connectivity index (χ0v) is 15.6. The van der Waals surface area contributed by atoms with Gasteiger partial charge in [-0.05, 0) is 48.2 Å². The number of nitrogens with zero attached hydrogens (tertiary/aromatic N) is 2. The van der Waals surface area contributed by atoms with Crippen LogP contribution < -0.4 is 4.74 Å². The van der Waals surface area contributed by atoms with Crippen LogP contribution in [0.25, 0.3) is 11.1 Å². The molecule has 3 aromatic rings. The Bertz CT molecular complexity index is 969. The van der Waals surface area contributed by atoms with Crippen molar-refractivity contribution >= 4 is 5.91 Å². The van der Waals surface area contributed by atoms with Gasteiger partial charge in [0, 0.05) is 12.7 Å². The Morgan fingerprint density at radius 2 is 1.93 bits per heavy atom. The number of amides is 1. The molecule has 1 fully saturated rings. The van der Waals surface area contributed by atoms with Crippen molar-refractivity contribution in [3.8, 4) is 16.9 Å². The zero-order chi connectivity index (χ0) is 18.8. The van der Waals surface area contributed by atoms with Gasteiger partial charge in [0.1, 0.15) is 5.75 Å². The number of pyridine rings is 1. The van der Waals surface area contributed by atoms with E-state index in [2.05, 4.69) is 11.1 Å². The normalized spacial score (nSPS) is 15.9. The summed E-state index contributed by atoms with van der Waals surface area (Å²) >= 11 is 0. The van der Waals surface area contributed by atoms with Crippen LogP contribution in [0.3, 0.4) is 0 Å². The fourth-order valence-electron chi connectivity index (χ4n) is 3.66. The lowest BCUT2D eigenvalue weighted by atomic mass is 9.91. The highest BCUT2D eigenvalue weighted by molar-refractivity contribution is 6.02. The highest BCUT2D eigenvalue weighted by Gasteiger charge is 2.35. The van der Waals surface area contributed by atoms with E-state index in [9.17, 15) is 4.79 Å². The van der Waals surface area contributed by atoms with Crippen molar-refractivity contribution in [1.82, 2.24) is 9.88 Å². The second kappa shape index (κ2) is 7.23. The van der Waals surface area contributed by atoms with Gasteiger partial charge in [-0.25, -0.2) is 0 Å². The Labute approximate surface area is 159 Å². The fourth-order valence-corrected chi connectivity index (χ4v) is 3.66. The average molecular weight is 358 g/mol. The summed E-state index contributed by atoms with van der Waals surface area (Å²) in [7, 11) is 1.66. The highest BCUT2D eigenvalue weighted by Crippen LogP contribution is 2.37. The minimum Gasteiger partial charge on any atom is -0.497 e. The van der Waals surface area contributed by atoms with Crippen LogP contribution in [0.15, 0.2) is 66.9 Å². The van der Waals surface area contributed by atoms with Gasteiger partial charge >= 0.3 is 0 Å². The summed E-state index contributed by atoms with van der Waals surface area (Å²) in [4.78, 5) is 19.8. The van der Waals surface area contributed by atoms with Crippen LogP contribution in [-0.2, 0) is 0 Å². The summed E-state index contributed by atoms with van der Waals surface area (Å²) in [6.45, 7) is 2.66. The molecule has 136 valence electrons. The van der Waals surface area contributed by atoms with Crippen molar-refractivity contribution in [1.29, 1.82) is 0 Å². The van der Waals surface area contributed by atoms with E-state index in [0.717, 1.165) is 41.1 Å². The molecule has 2 aromatic carbocycles. The number of ether oxygens (including phenoxy) is 1.